The van der Waals surface area contributed by atoms with Crippen molar-refractivity contribution in [2.45, 2.75) is 39.7 Å². The molecule has 3 rings (SSSR count). The second-order valence-corrected chi connectivity index (χ2v) is 6.76. The zero-order chi connectivity index (χ0) is 14.3. The molecule has 0 bridgehead atoms. The fourth-order valence-corrected chi connectivity index (χ4v) is 3.41. The molecule has 0 radical (unpaired) electrons. The molecule has 20 heavy (non-hydrogen) atoms. The molecule has 1 amide bonds. The van der Waals surface area contributed by atoms with Gasteiger partial charge in [0.15, 0.2) is 0 Å². The van der Waals surface area contributed by atoms with Crippen LogP contribution in [-0.2, 0) is 6.42 Å². The molecule has 2 atom stereocenters. The first-order chi connectivity index (χ1) is 9.53. The van der Waals surface area contributed by atoms with Crippen LogP contribution in [0.15, 0.2) is 18.2 Å². The maximum Gasteiger partial charge on any atom is 0.251 e. The van der Waals surface area contributed by atoms with E-state index in [0.29, 0.717) is 17.4 Å². The van der Waals surface area contributed by atoms with Crippen molar-refractivity contribution in [1.82, 2.24) is 10.6 Å². The van der Waals surface area contributed by atoms with Crippen molar-refractivity contribution < 1.29 is 4.79 Å². The van der Waals surface area contributed by atoms with Crippen molar-refractivity contribution in [2.75, 3.05) is 13.1 Å². The number of hydrogen-bond donors (Lipinski definition) is 2. The maximum atomic E-state index is 12.0. The van der Waals surface area contributed by atoms with Gasteiger partial charge in [-0.25, -0.2) is 0 Å². The number of hydrogen-bond acceptors (Lipinski definition) is 2. The average Bonchev–Trinajstić information content (AvgIpc) is 3.05. The van der Waals surface area contributed by atoms with E-state index in [1.54, 1.807) is 0 Å². The molecule has 2 aliphatic rings. The number of carbonyl (C=O) groups is 1. The minimum atomic E-state index is 0.0819. The Morgan fingerprint density at radius 1 is 1.45 bits per heavy atom. The summed E-state index contributed by atoms with van der Waals surface area (Å²) in [7, 11) is 0. The summed E-state index contributed by atoms with van der Waals surface area (Å²) in [5.41, 5.74) is 3.74. The maximum absolute atomic E-state index is 12.0. The molecule has 2 unspecified atom stereocenters. The van der Waals surface area contributed by atoms with Gasteiger partial charge in [0.2, 0.25) is 0 Å². The summed E-state index contributed by atoms with van der Waals surface area (Å²) in [6, 6.07) is 6.82. The zero-order valence-corrected chi connectivity index (χ0v) is 12.6. The molecule has 1 aliphatic carbocycles. The third-order valence-electron chi connectivity index (χ3n) is 4.83. The summed E-state index contributed by atoms with van der Waals surface area (Å²) in [6.07, 6.45) is 2.20. The van der Waals surface area contributed by atoms with Crippen molar-refractivity contribution in [3.63, 3.8) is 0 Å². The van der Waals surface area contributed by atoms with E-state index in [-0.39, 0.29) is 5.91 Å². The van der Waals surface area contributed by atoms with Crippen LogP contribution in [0.3, 0.4) is 0 Å². The lowest BCUT2D eigenvalue weighted by molar-refractivity contribution is 0.0946. The fourth-order valence-electron chi connectivity index (χ4n) is 3.41. The average molecular weight is 272 g/mol. The standard InChI is InChI=1S/C17H24N2O/c1-4-18-15(14-10-17(14,2)3)12-6-5-11-7-8-19-16(20)13(11)9-12/h5-6,9,14-15,18H,4,7-8,10H2,1-3H3,(H,19,20). The van der Waals surface area contributed by atoms with E-state index < -0.39 is 0 Å². The zero-order valence-electron chi connectivity index (χ0n) is 12.6. The molecular formula is C17H24N2O. The van der Waals surface area contributed by atoms with Crippen LogP contribution in [0.4, 0.5) is 0 Å². The summed E-state index contributed by atoms with van der Waals surface area (Å²) in [4.78, 5) is 12.0. The minimum absolute atomic E-state index is 0.0819. The van der Waals surface area contributed by atoms with Crippen molar-refractivity contribution in [2.24, 2.45) is 11.3 Å². The normalized spacial score (nSPS) is 24.8. The van der Waals surface area contributed by atoms with Crippen LogP contribution in [0, 0.1) is 11.3 Å². The van der Waals surface area contributed by atoms with Crippen LogP contribution in [0.5, 0.6) is 0 Å². The van der Waals surface area contributed by atoms with E-state index >= 15 is 0 Å². The highest BCUT2D eigenvalue weighted by molar-refractivity contribution is 5.96. The molecule has 1 fully saturated rings. The van der Waals surface area contributed by atoms with E-state index in [1.807, 2.05) is 0 Å². The molecule has 1 aliphatic heterocycles. The van der Waals surface area contributed by atoms with E-state index in [9.17, 15) is 4.79 Å². The summed E-state index contributed by atoms with van der Waals surface area (Å²) in [6.45, 7) is 8.52. The number of fused-ring (bicyclic) bond motifs is 1. The minimum Gasteiger partial charge on any atom is -0.352 e. The summed E-state index contributed by atoms with van der Waals surface area (Å²) < 4.78 is 0. The highest BCUT2D eigenvalue weighted by atomic mass is 16.1. The van der Waals surface area contributed by atoms with Gasteiger partial charge in [-0.15, -0.1) is 0 Å². The molecule has 0 saturated heterocycles. The highest BCUT2D eigenvalue weighted by Crippen LogP contribution is 2.57. The third-order valence-corrected chi connectivity index (χ3v) is 4.83. The van der Waals surface area contributed by atoms with Crippen molar-refractivity contribution >= 4 is 5.91 Å². The topological polar surface area (TPSA) is 41.1 Å². The van der Waals surface area contributed by atoms with Gasteiger partial charge in [-0.1, -0.05) is 32.9 Å². The van der Waals surface area contributed by atoms with Crippen LogP contribution in [-0.4, -0.2) is 19.0 Å². The number of rotatable bonds is 4. The van der Waals surface area contributed by atoms with Gasteiger partial charge in [-0.2, -0.15) is 0 Å². The molecule has 1 heterocycles. The molecule has 3 nitrogen and oxygen atoms in total. The predicted octanol–water partition coefficient (Wildman–Crippen LogP) is 2.67. The summed E-state index contributed by atoms with van der Waals surface area (Å²) in [5, 5.41) is 6.54. The van der Waals surface area contributed by atoms with Crippen LogP contribution in [0.2, 0.25) is 0 Å². The van der Waals surface area contributed by atoms with E-state index in [1.165, 1.54) is 17.5 Å². The predicted molar refractivity (Wildman–Crippen MR) is 80.8 cm³/mol. The van der Waals surface area contributed by atoms with Crippen molar-refractivity contribution in [1.29, 1.82) is 0 Å². The smallest absolute Gasteiger partial charge is 0.251 e. The first-order valence-corrected chi connectivity index (χ1v) is 7.67. The molecular weight excluding hydrogens is 248 g/mol. The lowest BCUT2D eigenvalue weighted by Crippen LogP contribution is -2.32. The molecule has 0 aromatic heterocycles. The number of carbonyl (C=O) groups excluding carboxylic acids is 1. The lowest BCUT2D eigenvalue weighted by atomic mass is 9.91. The second kappa shape index (κ2) is 4.88. The van der Waals surface area contributed by atoms with Crippen LogP contribution in [0.25, 0.3) is 0 Å². The van der Waals surface area contributed by atoms with E-state index in [2.05, 4.69) is 49.6 Å². The Kier molecular flexibility index (Phi) is 3.33. The van der Waals surface area contributed by atoms with Gasteiger partial charge in [0.25, 0.3) is 5.91 Å². The highest BCUT2D eigenvalue weighted by Gasteiger charge is 2.50. The molecule has 3 heteroatoms. The quantitative estimate of drug-likeness (QED) is 0.885. The Bertz CT molecular complexity index is 536. The first kappa shape index (κ1) is 13.6. The fraction of sp³-hybridized carbons (Fsp3) is 0.588. The summed E-state index contributed by atoms with van der Waals surface area (Å²) >= 11 is 0. The summed E-state index contributed by atoms with van der Waals surface area (Å²) in [5.74, 6) is 0.755. The Balaban J connectivity index is 1.92. The van der Waals surface area contributed by atoms with Crippen LogP contribution >= 0.6 is 0 Å². The monoisotopic (exact) mass is 272 g/mol. The van der Waals surface area contributed by atoms with E-state index in [4.69, 9.17) is 0 Å². The molecule has 0 spiro atoms. The van der Waals surface area contributed by atoms with Gasteiger partial charge < -0.3 is 10.6 Å². The van der Waals surface area contributed by atoms with Crippen molar-refractivity contribution in [3.05, 3.63) is 34.9 Å². The van der Waals surface area contributed by atoms with Gasteiger partial charge in [0.05, 0.1) is 0 Å². The van der Waals surface area contributed by atoms with Gasteiger partial charge in [0, 0.05) is 18.2 Å². The van der Waals surface area contributed by atoms with Gasteiger partial charge in [-0.05, 0) is 47.9 Å². The molecule has 1 aromatic rings. The largest absolute Gasteiger partial charge is 0.352 e. The van der Waals surface area contributed by atoms with Gasteiger partial charge in [0.1, 0.15) is 0 Å². The van der Waals surface area contributed by atoms with Gasteiger partial charge in [-0.3, -0.25) is 4.79 Å². The molecule has 1 aromatic carbocycles. The number of nitrogens with one attached hydrogen (secondary N) is 2. The van der Waals surface area contributed by atoms with Crippen molar-refractivity contribution in [3.8, 4) is 0 Å². The molecule has 1 saturated carbocycles. The Morgan fingerprint density at radius 3 is 2.85 bits per heavy atom. The van der Waals surface area contributed by atoms with Gasteiger partial charge >= 0.3 is 0 Å². The SMILES string of the molecule is CCNC(c1ccc2c(c1)C(=O)NCC2)C1CC1(C)C. The number of benzene rings is 1. The molecule has 108 valence electrons. The Morgan fingerprint density at radius 2 is 2.20 bits per heavy atom. The molecule has 2 N–H and O–H groups in total. The lowest BCUT2D eigenvalue weighted by Gasteiger charge is -2.23. The van der Waals surface area contributed by atoms with Crippen LogP contribution < -0.4 is 10.6 Å². The van der Waals surface area contributed by atoms with E-state index in [0.717, 1.165) is 25.1 Å². The Hall–Kier alpha value is -1.35. The second-order valence-electron chi connectivity index (χ2n) is 6.76. The number of amides is 1. The first-order valence-electron chi connectivity index (χ1n) is 7.67. The Labute approximate surface area is 121 Å². The third kappa shape index (κ3) is 2.35. The van der Waals surface area contributed by atoms with Crippen LogP contribution in [0.1, 0.15) is 54.7 Å².